The number of nitrogens with zero attached hydrogens (tertiary/aromatic N) is 3. The van der Waals surface area contributed by atoms with Gasteiger partial charge in [0.2, 0.25) is 0 Å². The van der Waals surface area contributed by atoms with Gasteiger partial charge in [-0.15, -0.1) is 0 Å². The van der Waals surface area contributed by atoms with E-state index in [1.807, 2.05) is 18.2 Å². The van der Waals surface area contributed by atoms with Gasteiger partial charge in [0.1, 0.15) is 11.6 Å². The second kappa shape index (κ2) is 10.5. The zero-order valence-corrected chi connectivity index (χ0v) is 19.1. The van der Waals surface area contributed by atoms with Crippen LogP contribution in [0.3, 0.4) is 0 Å². The van der Waals surface area contributed by atoms with E-state index in [-0.39, 0.29) is 0 Å². The molecule has 2 aliphatic rings. The molecule has 0 amide bonds. The standard InChI is InChI=1S/C28H32N4O/c1-2-10-25(11-3-1)32-19-17-31(18-20-32)16-7-21-33-26-12-6-9-24(22-26)29-28-15-14-23-8-4-5-13-27(23)30-28/h1-6,8-13,22H,7,14-21H2,(H,29,30). The van der Waals surface area contributed by atoms with Gasteiger partial charge in [-0.2, -0.15) is 0 Å². The summed E-state index contributed by atoms with van der Waals surface area (Å²) < 4.78 is 6.06. The summed E-state index contributed by atoms with van der Waals surface area (Å²) in [6.45, 7) is 6.21. The van der Waals surface area contributed by atoms with Crippen molar-refractivity contribution in [1.29, 1.82) is 0 Å². The molecule has 5 nitrogen and oxygen atoms in total. The second-order valence-corrected chi connectivity index (χ2v) is 8.71. The monoisotopic (exact) mass is 440 g/mol. The molecule has 5 heteroatoms. The van der Waals surface area contributed by atoms with Crippen molar-refractivity contribution in [3.63, 3.8) is 0 Å². The Kier molecular flexibility index (Phi) is 6.88. The van der Waals surface area contributed by atoms with Crippen LogP contribution in [0.15, 0.2) is 83.9 Å². The Morgan fingerprint density at radius 3 is 2.52 bits per heavy atom. The SMILES string of the molecule is c1ccc(N2CCN(CCCOc3cccc(NC4=Nc5ccccc5CC4)c3)CC2)cc1. The average Bonchev–Trinajstić information content (AvgIpc) is 2.88. The Labute approximate surface area is 196 Å². The maximum absolute atomic E-state index is 6.06. The van der Waals surface area contributed by atoms with E-state index in [2.05, 4.69) is 75.8 Å². The summed E-state index contributed by atoms with van der Waals surface area (Å²) >= 11 is 0. The molecular weight excluding hydrogens is 408 g/mol. The van der Waals surface area contributed by atoms with Crippen molar-refractivity contribution in [2.75, 3.05) is 49.5 Å². The van der Waals surface area contributed by atoms with Crippen molar-refractivity contribution in [3.8, 4) is 5.75 Å². The van der Waals surface area contributed by atoms with Crippen LogP contribution in [0.1, 0.15) is 18.4 Å². The molecule has 0 aliphatic carbocycles. The summed E-state index contributed by atoms with van der Waals surface area (Å²) in [4.78, 5) is 9.79. The molecule has 0 saturated carbocycles. The number of aliphatic imine (C=N–C) groups is 1. The lowest BCUT2D eigenvalue weighted by atomic mass is 10.0. The van der Waals surface area contributed by atoms with Crippen LogP contribution in [-0.2, 0) is 6.42 Å². The van der Waals surface area contributed by atoms with Gasteiger partial charge in [-0.3, -0.25) is 4.90 Å². The first-order chi connectivity index (χ1) is 16.3. The lowest BCUT2D eigenvalue weighted by Crippen LogP contribution is -2.46. The maximum atomic E-state index is 6.06. The van der Waals surface area contributed by atoms with E-state index in [4.69, 9.17) is 9.73 Å². The number of nitrogens with one attached hydrogen (secondary N) is 1. The van der Waals surface area contributed by atoms with Crippen molar-refractivity contribution in [2.24, 2.45) is 4.99 Å². The van der Waals surface area contributed by atoms with Crippen LogP contribution >= 0.6 is 0 Å². The Bertz CT molecular complexity index is 1070. The van der Waals surface area contributed by atoms with Crippen molar-refractivity contribution >= 4 is 22.9 Å². The van der Waals surface area contributed by atoms with Crippen LogP contribution < -0.4 is 15.0 Å². The fourth-order valence-corrected chi connectivity index (χ4v) is 4.55. The molecule has 3 aromatic carbocycles. The van der Waals surface area contributed by atoms with E-state index in [1.165, 1.54) is 11.3 Å². The van der Waals surface area contributed by atoms with Gasteiger partial charge >= 0.3 is 0 Å². The van der Waals surface area contributed by atoms with Gasteiger partial charge in [-0.1, -0.05) is 42.5 Å². The van der Waals surface area contributed by atoms with Crippen LogP contribution in [0.5, 0.6) is 5.75 Å². The smallest absolute Gasteiger partial charge is 0.121 e. The zero-order valence-electron chi connectivity index (χ0n) is 19.1. The molecule has 2 aliphatic heterocycles. The van der Waals surface area contributed by atoms with Crippen molar-refractivity contribution in [3.05, 3.63) is 84.4 Å². The summed E-state index contributed by atoms with van der Waals surface area (Å²) in [5.74, 6) is 1.92. The van der Waals surface area contributed by atoms with Crippen LogP contribution in [0, 0.1) is 0 Å². The molecule has 0 unspecified atom stereocenters. The van der Waals surface area contributed by atoms with Crippen molar-refractivity contribution in [1.82, 2.24) is 4.90 Å². The lowest BCUT2D eigenvalue weighted by molar-refractivity contribution is 0.225. The highest BCUT2D eigenvalue weighted by atomic mass is 16.5. The molecule has 1 N–H and O–H groups in total. The quantitative estimate of drug-likeness (QED) is 0.502. The van der Waals surface area contributed by atoms with Crippen LogP contribution in [0.4, 0.5) is 17.1 Å². The van der Waals surface area contributed by atoms with Crippen molar-refractivity contribution < 1.29 is 4.74 Å². The van der Waals surface area contributed by atoms with Crippen molar-refractivity contribution in [2.45, 2.75) is 19.3 Å². The second-order valence-electron chi connectivity index (χ2n) is 8.71. The first-order valence-electron chi connectivity index (χ1n) is 12.0. The lowest BCUT2D eigenvalue weighted by Gasteiger charge is -2.36. The molecule has 3 aromatic rings. The van der Waals surface area contributed by atoms with Crippen LogP contribution in [-0.4, -0.2) is 50.1 Å². The largest absolute Gasteiger partial charge is 0.493 e. The summed E-state index contributed by atoms with van der Waals surface area (Å²) in [6.07, 6.45) is 2.99. The molecule has 0 aromatic heterocycles. The number of hydrogen-bond acceptors (Lipinski definition) is 5. The maximum Gasteiger partial charge on any atom is 0.121 e. The highest BCUT2D eigenvalue weighted by Crippen LogP contribution is 2.26. The van der Waals surface area contributed by atoms with E-state index < -0.39 is 0 Å². The summed E-state index contributed by atoms with van der Waals surface area (Å²) in [5.41, 5.74) is 4.75. The third-order valence-electron chi connectivity index (χ3n) is 6.38. The van der Waals surface area contributed by atoms with Gasteiger partial charge < -0.3 is 15.0 Å². The summed E-state index contributed by atoms with van der Waals surface area (Å²) in [7, 11) is 0. The number of fused-ring (bicyclic) bond motifs is 1. The van der Waals surface area contributed by atoms with E-state index in [1.54, 1.807) is 0 Å². The molecule has 0 atom stereocenters. The van der Waals surface area contributed by atoms with Gasteiger partial charge in [-0.25, -0.2) is 4.99 Å². The minimum Gasteiger partial charge on any atom is -0.493 e. The Hall–Kier alpha value is -3.31. The zero-order chi connectivity index (χ0) is 22.3. The van der Waals surface area contributed by atoms with Gasteiger partial charge in [0, 0.05) is 56.6 Å². The number of amidine groups is 1. The molecular formula is C28H32N4O. The molecule has 2 heterocycles. The number of rotatable bonds is 7. The topological polar surface area (TPSA) is 40.1 Å². The van der Waals surface area contributed by atoms with Crippen LogP contribution in [0.2, 0.25) is 0 Å². The number of hydrogen-bond donors (Lipinski definition) is 1. The van der Waals surface area contributed by atoms with Crippen LogP contribution in [0.25, 0.3) is 0 Å². The number of ether oxygens (including phenoxy) is 1. The number of anilines is 2. The van der Waals surface area contributed by atoms with Gasteiger partial charge in [-0.05, 0) is 48.7 Å². The fraction of sp³-hybridized carbons (Fsp3) is 0.321. The van der Waals surface area contributed by atoms with E-state index in [0.717, 1.165) is 81.6 Å². The molecule has 0 radical (unpaired) electrons. The van der Waals surface area contributed by atoms with E-state index >= 15 is 0 Å². The third kappa shape index (κ3) is 5.74. The number of piperazine rings is 1. The average molecular weight is 441 g/mol. The fourth-order valence-electron chi connectivity index (χ4n) is 4.55. The normalized spacial score (nSPS) is 16.1. The van der Waals surface area contributed by atoms with E-state index in [0.29, 0.717) is 0 Å². The van der Waals surface area contributed by atoms with E-state index in [9.17, 15) is 0 Å². The molecule has 1 fully saturated rings. The minimum atomic E-state index is 0.733. The highest BCUT2D eigenvalue weighted by molar-refractivity contribution is 5.98. The highest BCUT2D eigenvalue weighted by Gasteiger charge is 2.16. The van der Waals surface area contributed by atoms with Gasteiger partial charge in [0.05, 0.1) is 12.3 Å². The van der Waals surface area contributed by atoms with Gasteiger partial charge in [0.15, 0.2) is 0 Å². The third-order valence-corrected chi connectivity index (χ3v) is 6.38. The predicted octanol–water partition coefficient (Wildman–Crippen LogP) is 5.37. The first kappa shape index (κ1) is 21.5. The Morgan fingerprint density at radius 2 is 1.64 bits per heavy atom. The molecule has 1 saturated heterocycles. The predicted molar refractivity (Wildman–Crippen MR) is 137 cm³/mol. The number of para-hydroxylation sites is 2. The number of benzene rings is 3. The first-order valence-corrected chi connectivity index (χ1v) is 12.0. The molecule has 0 bridgehead atoms. The Morgan fingerprint density at radius 1 is 0.818 bits per heavy atom. The minimum absolute atomic E-state index is 0.733. The molecule has 0 spiro atoms. The molecule has 5 rings (SSSR count). The molecule has 33 heavy (non-hydrogen) atoms. The Balaban J connectivity index is 1.05. The number of aryl methyl sites for hydroxylation is 1. The summed E-state index contributed by atoms with van der Waals surface area (Å²) in [6, 6.07) is 27.3. The van der Waals surface area contributed by atoms with Gasteiger partial charge in [0.25, 0.3) is 0 Å². The molecule has 170 valence electrons. The summed E-state index contributed by atoms with van der Waals surface area (Å²) in [5, 5.41) is 3.48.